The number of carbonyl (C=O) groups is 1. The second-order valence-corrected chi connectivity index (χ2v) is 4.47. The molecule has 0 bridgehead atoms. The zero-order valence-corrected chi connectivity index (χ0v) is 9.53. The first-order valence-corrected chi connectivity index (χ1v) is 5.05. The maximum absolute atomic E-state index is 10.8. The summed E-state index contributed by atoms with van der Waals surface area (Å²) >= 11 is 0. The number of hydrogen-bond acceptors (Lipinski definition) is 4. The summed E-state index contributed by atoms with van der Waals surface area (Å²) in [6.07, 6.45) is 1.43. The maximum atomic E-state index is 10.8. The van der Waals surface area contributed by atoms with Crippen LogP contribution in [0.4, 0.5) is 5.82 Å². The Morgan fingerprint density at radius 1 is 1.56 bits per heavy atom. The number of carbonyl (C=O) groups excluding carboxylic acids is 1. The number of nitrogens with two attached hydrogens (primary N) is 1. The molecule has 0 atom stereocenters. The van der Waals surface area contributed by atoms with Crippen molar-refractivity contribution >= 4 is 11.7 Å². The minimum absolute atomic E-state index is 0.0966. The number of aliphatic hydroxyl groups excluding tert-OH is 1. The minimum atomic E-state index is -0.491. The maximum Gasteiger partial charge on any atom is 0.250 e. The van der Waals surface area contributed by atoms with Crippen LogP contribution in [0.5, 0.6) is 0 Å². The van der Waals surface area contributed by atoms with Gasteiger partial charge in [0.1, 0.15) is 5.82 Å². The Morgan fingerprint density at radius 2 is 2.25 bits per heavy atom. The molecule has 0 aliphatic rings. The van der Waals surface area contributed by atoms with E-state index in [1.807, 2.05) is 13.8 Å². The van der Waals surface area contributed by atoms with Crippen LogP contribution in [-0.4, -0.2) is 29.1 Å². The van der Waals surface area contributed by atoms with E-state index >= 15 is 0 Å². The fourth-order valence-corrected chi connectivity index (χ4v) is 1.03. The van der Waals surface area contributed by atoms with Gasteiger partial charge in [-0.05, 0) is 12.1 Å². The van der Waals surface area contributed by atoms with E-state index in [9.17, 15) is 4.79 Å². The lowest BCUT2D eigenvalue weighted by Crippen LogP contribution is -2.27. The molecule has 88 valence electrons. The molecule has 0 fully saturated rings. The van der Waals surface area contributed by atoms with Crippen LogP contribution in [0.2, 0.25) is 0 Å². The van der Waals surface area contributed by atoms with Gasteiger partial charge in [-0.3, -0.25) is 4.79 Å². The molecule has 0 unspecified atom stereocenters. The second kappa shape index (κ2) is 4.94. The van der Waals surface area contributed by atoms with Gasteiger partial charge in [0.15, 0.2) is 0 Å². The molecule has 0 radical (unpaired) electrons. The number of anilines is 1. The smallest absolute Gasteiger partial charge is 0.250 e. The van der Waals surface area contributed by atoms with E-state index < -0.39 is 5.91 Å². The zero-order valence-electron chi connectivity index (χ0n) is 9.53. The molecule has 0 saturated heterocycles. The molecule has 5 nitrogen and oxygen atoms in total. The van der Waals surface area contributed by atoms with Crippen LogP contribution in [0.1, 0.15) is 24.2 Å². The van der Waals surface area contributed by atoms with Crippen molar-refractivity contribution in [2.45, 2.75) is 13.8 Å². The summed E-state index contributed by atoms with van der Waals surface area (Å²) in [5.41, 5.74) is 5.27. The van der Waals surface area contributed by atoms with Gasteiger partial charge in [0.05, 0.1) is 5.56 Å². The van der Waals surface area contributed by atoms with Crippen molar-refractivity contribution in [2.24, 2.45) is 11.1 Å². The Kier molecular flexibility index (Phi) is 3.84. The summed E-state index contributed by atoms with van der Waals surface area (Å²) < 4.78 is 0. The molecule has 0 aliphatic carbocycles. The Labute approximate surface area is 94.7 Å². The zero-order chi connectivity index (χ0) is 12.2. The highest BCUT2D eigenvalue weighted by molar-refractivity contribution is 5.92. The third-order valence-corrected chi connectivity index (χ3v) is 2.22. The van der Waals surface area contributed by atoms with Crippen molar-refractivity contribution in [3.63, 3.8) is 0 Å². The Morgan fingerprint density at radius 3 is 2.69 bits per heavy atom. The summed E-state index contributed by atoms with van der Waals surface area (Å²) in [4.78, 5) is 14.8. The molecule has 4 N–H and O–H groups in total. The molecule has 5 heteroatoms. The van der Waals surface area contributed by atoms with Crippen LogP contribution in [-0.2, 0) is 0 Å². The van der Waals surface area contributed by atoms with Gasteiger partial charge in [0.25, 0.3) is 0 Å². The number of amides is 1. The largest absolute Gasteiger partial charge is 0.396 e. The fraction of sp³-hybridized carbons (Fsp3) is 0.455. The van der Waals surface area contributed by atoms with E-state index in [1.165, 1.54) is 6.20 Å². The van der Waals surface area contributed by atoms with Crippen molar-refractivity contribution in [3.8, 4) is 0 Å². The monoisotopic (exact) mass is 223 g/mol. The Balaban J connectivity index is 2.59. The SMILES string of the molecule is CC(C)(CO)CNc1ccc(C(N)=O)cn1. The van der Waals surface area contributed by atoms with Gasteiger partial charge < -0.3 is 16.2 Å². The summed E-state index contributed by atoms with van der Waals surface area (Å²) in [5, 5.41) is 12.1. The van der Waals surface area contributed by atoms with Gasteiger partial charge in [0, 0.05) is 24.8 Å². The highest BCUT2D eigenvalue weighted by Gasteiger charge is 2.15. The van der Waals surface area contributed by atoms with E-state index in [-0.39, 0.29) is 12.0 Å². The predicted molar refractivity (Wildman–Crippen MR) is 62.1 cm³/mol. The summed E-state index contributed by atoms with van der Waals surface area (Å²) in [5.74, 6) is 0.168. The second-order valence-electron chi connectivity index (χ2n) is 4.47. The number of aromatic nitrogens is 1. The Hall–Kier alpha value is -1.62. The van der Waals surface area contributed by atoms with Crippen molar-refractivity contribution < 1.29 is 9.90 Å². The number of nitrogens with one attached hydrogen (secondary N) is 1. The van der Waals surface area contributed by atoms with Crippen LogP contribution in [0.3, 0.4) is 0 Å². The van der Waals surface area contributed by atoms with Crippen LogP contribution >= 0.6 is 0 Å². The molecular weight excluding hydrogens is 206 g/mol. The average molecular weight is 223 g/mol. The summed E-state index contributed by atoms with van der Waals surface area (Å²) in [7, 11) is 0. The lowest BCUT2D eigenvalue weighted by Gasteiger charge is -2.22. The topological polar surface area (TPSA) is 88.2 Å². The highest BCUT2D eigenvalue weighted by atomic mass is 16.3. The van der Waals surface area contributed by atoms with Crippen LogP contribution in [0.15, 0.2) is 18.3 Å². The van der Waals surface area contributed by atoms with E-state index in [2.05, 4.69) is 10.3 Å². The quantitative estimate of drug-likeness (QED) is 0.682. The lowest BCUT2D eigenvalue weighted by molar-refractivity contribution is 0.1000. The molecule has 0 spiro atoms. The average Bonchev–Trinajstić information content (AvgIpc) is 2.27. The lowest BCUT2D eigenvalue weighted by atomic mass is 9.95. The molecule has 1 rings (SSSR count). The number of rotatable bonds is 5. The first-order chi connectivity index (χ1) is 7.44. The molecule has 0 aromatic carbocycles. The van der Waals surface area contributed by atoms with Crippen LogP contribution < -0.4 is 11.1 Å². The summed E-state index contributed by atoms with van der Waals surface area (Å²) in [6, 6.07) is 3.30. The number of pyridine rings is 1. The molecule has 0 aliphatic heterocycles. The summed E-state index contributed by atoms with van der Waals surface area (Å²) in [6.45, 7) is 4.58. The number of nitrogens with zero attached hydrogens (tertiary/aromatic N) is 1. The highest BCUT2D eigenvalue weighted by Crippen LogP contribution is 2.14. The van der Waals surface area contributed by atoms with Gasteiger partial charge >= 0.3 is 0 Å². The van der Waals surface area contributed by atoms with Crippen molar-refractivity contribution in [2.75, 3.05) is 18.5 Å². The van der Waals surface area contributed by atoms with Gasteiger partial charge in [-0.15, -0.1) is 0 Å². The normalized spacial score (nSPS) is 11.2. The molecule has 0 saturated carbocycles. The first kappa shape index (κ1) is 12.4. The minimum Gasteiger partial charge on any atom is -0.396 e. The molecule has 1 amide bonds. The van der Waals surface area contributed by atoms with Crippen LogP contribution in [0, 0.1) is 5.41 Å². The third kappa shape index (κ3) is 3.51. The molecular formula is C11H17N3O2. The standard InChI is InChI=1S/C11H17N3O2/c1-11(2,7-15)6-14-9-4-3-8(5-13-9)10(12)16/h3-5,15H,6-7H2,1-2H3,(H2,12,16)(H,13,14). The first-order valence-electron chi connectivity index (χ1n) is 5.05. The van der Waals surface area contributed by atoms with Gasteiger partial charge in [-0.25, -0.2) is 4.98 Å². The van der Waals surface area contributed by atoms with Gasteiger partial charge in [-0.1, -0.05) is 13.8 Å². The molecule has 16 heavy (non-hydrogen) atoms. The van der Waals surface area contributed by atoms with Crippen molar-refractivity contribution in [3.05, 3.63) is 23.9 Å². The predicted octanol–water partition coefficient (Wildman–Crippen LogP) is 0.611. The number of primary amides is 1. The molecule has 1 heterocycles. The van der Waals surface area contributed by atoms with Crippen molar-refractivity contribution in [1.82, 2.24) is 4.98 Å². The fourth-order valence-electron chi connectivity index (χ4n) is 1.03. The molecule has 1 aromatic rings. The Bertz CT molecular complexity index is 360. The van der Waals surface area contributed by atoms with Crippen LogP contribution in [0.25, 0.3) is 0 Å². The van der Waals surface area contributed by atoms with E-state index in [0.29, 0.717) is 17.9 Å². The van der Waals surface area contributed by atoms with E-state index in [4.69, 9.17) is 10.8 Å². The molecule has 1 aromatic heterocycles. The van der Waals surface area contributed by atoms with E-state index in [0.717, 1.165) is 0 Å². The number of hydrogen-bond donors (Lipinski definition) is 3. The number of aliphatic hydroxyl groups is 1. The van der Waals surface area contributed by atoms with Gasteiger partial charge in [-0.2, -0.15) is 0 Å². The van der Waals surface area contributed by atoms with Gasteiger partial charge in [0.2, 0.25) is 5.91 Å². The van der Waals surface area contributed by atoms with Crippen molar-refractivity contribution in [1.29, 1.82) is 0 Å². The van der Waals surface area contributed by atoms with E-state index in [1.54, 1.807) is 12.1 Å². The third-order valence-electron chi connectivity index (χ3n) is 2.22.